The number of carbonyl (C=O) groups is 2. The molecule has 0 aliphatic rings. The molecule has 0 aliphatic carbocycles. The summed E-state index contributed by atoms with van der Waals surface area (Å²) in [6.45, 7) is 1.55. The lowest BCUT2D eigenvalue weighted by Crippen LogP contribution is -2.41. The van der Waals surface area contributed by atoms with Gasteiger partial charge in [-0.25, -0.2) is 4.79 Å². The maximum Gasteiger partial charge on any atom is 0.326 e. The van der Waals surface area contributed by atoms with Gasteiger partial charge in [0.1, 0.15) is 6.04 Å². The molecule has 0 unspecified atom stereocenters. The van der Waals surface area contributed by atoms with Gasteiger partial charge < -0.3 is 15.5 Å². The molecule has 1 atom stereocenters. The molecule has 5 nitrogen and oxygen atoms in total. The molecule has 2 rings (SSSR count). The number of carboxylic acid groups (broad SMARTS) is 1. The number of hydrogen-bond donors (Lipinski definition) is 3. The molecule has 1 heterocycles. The zero-order chi connectivity index (χ0) is 14.7. The first-order valence-electron chi connectivity index (χ1n) is 6.17. The highest BCUT2D eigenvalue weighted by Crippen LogP contribution is 2.30. The van der Waals surface area contributed by atoms with Crippen molar-refractivity contribution in [1.29, 1.82) is 0 Å². The molecule has 0 radical (unpaired) electrons. The molecular formula is C14H15NO4S. The lowest BCUT2D eigenvalue weighted by molar-refractivity contribution is -0.139. The molecule has 6 heteroatoms. The average molecular weight is 293 g/mol. The third-order valence-electron chi connectivity index (χ3n) is 3.07. The van der Waals surface area contributed by atoms with Crippen molar-refractivity contribution in [3.63, 3.8) is 0 Å². The molecule has 1 aromatic heterocycles. The fourth-order valence-electron chi connectivity index (χ4n) is 2.00. The van der Waals surface area contributed by atoms with E-state index in [-0.39, 0.29) is 13.0 Å². The Bertz CT molecular complexity index is 650. The van der Waals surface area contributed by atoms with E-state index in [1.165, 1.54) is 11.3 Å². The Hall–Kier alpha value is -1.92. The van der Waals surface area contributed by atoms with Gasteiger partial charge in [-0.05, 0) is 23.9 Å². The Balaban J connectivity index is 2.27. The summed E-state index contributed by atoms with van der Waals surface area (Å²) in [5, 5.41) is 21.3. The smallest absolute Gasteiger partial charge is 0.326 e. The van der Waals surface area contributed by atoms with Gasteiger partial charge in [-0.3, -0.25) is 4.79 Å². The molecule has 0 spiro atoms. The number of thiophene rings is 1. The highest BCUT2D eigenvalue weighted by molar-refractivity contribution is 7.21. The highest BCUT2D eigenvalue weighted by atomic mass is 32.1. The van der Waals surface area contributed by atoms with E-state index in [0.29, 0.717) is 4.88 Å². The number of carbonyl (C=O) groups excluding carboxylic acids is 1. The van der Waals surface area contributed by atoms with E-state index in [4.69, 9.17) is 10.2 Å². The minimum atomic E-state index is -1.15. The normalized spacial score (nSPS) is 12.3. The number of aliphatic carboxylic acids is 1. The van der Waals surface area contributed by atoms with Gasteiger partial charge >= 0.3 is 5.97 Å². The summed E-state index contributed by atoms with van der Waals surface area (Å²) in [7, 11) is 0. The Morgan fingerprint density at radius 3 is 2.65 bits per heavy atom. The molecule has 0 bridgehead atoms. The van der Waals surface area contributed by atoms with E-state index in [0.717, 1.165) is 15.6 Å². The largest absolute Gasteiger partial charge is 0.480 e. The summed E-state index contributed by atoms with van der Waals surface area (Å²) in [5.41, 5.74) is 0.844. The Kier molecular flexibility index (Phi) is 4.36. The van der Waals surface area contributed by atoms with Crippen molar-refractivity contribution in [1.82, 2.24) is 5.32 Å². The first kappa shape index (κ1) is 14.5. The molecule has 0 aliphatic heterocycles. The Morgan fingerprint density at radius 1 is 1.35 bits per heavy atom. The molecule has 1 amide bonds. The maximum atomic E-state index is 12.2. The average Bonchev–Trinajstić information content (AvgIpc) is 2.76. The van der Waals surface area contributed by atoms with Crippen LogP contribution in [0.3, 0.4) is 0 Å². The van der Waals surface area contributed by atoms with Crippen LogP contribution in [0, 0.1) is 6.92 Å². The van der Waals surface area contributed by atoms with Crippen molar-refractivity contribution in [2.75, 3.05) is 6.61 Å². The fraction of sp³-hybridized carbons (Fsp3) is 0.286. The summed E-state index contributed by atoms with van der Waals surface area (Å²) in [6, 6.07) is 6.57. The van der Waals surface area contributed by atoms with E-state index < -0.39 is 17.9 Å². The molecular weight excluding hydrogens is 278 g/mol. The number of aliphatic hydroxyl groups excluding tert-OH is 1. The number of carboxylic acids is 1. The van der Waals surface area contributed by atoms with Gasteiger partial charge in [-0.15, -0.1) is 11.3 Å². The minimum absolute atomic E-state index is 0.00891. The molecule has 0 fully saturated rings. The van der Waals surface area contributed by atoms with Gasteiger partial charge in [0.25, 0.3) is 5.91 Å². The Morgan fingerprint density at radius 2 is 2.05 bits per heavy atom. The standard InChI is InChI=1S/C14H15NO4S/c1-8-9-4-2-3-5-11(9)20-12(8)13(17)15-10(6-7-16)14(18)19/h2-5,10,16H,6-7H2,1H3,(H,15,17)(H,18,19)/t10-/m1/s1. The second-order valence-electron chi connectivity index (χ2n) is 4.43. The van der Waals surface area contributed by atoms with Crippen LogP contribution in [0.4, 0.5) is 0 Å². The summed E-state index contributed by atoms with van der Waals surface area (Å²) < 4.78 is 0.990. The van der Waals surface area contributed by atoms with Gasteiger partial charge in [0.15, 0.2) is 0 Å². The zero-order valence-corrected chi connectivity index (χ0v) is 11.7. The maximum absolute atomic E-state index is 12.2. The third kappa shape index (κ3) is 2.81. The Labute approximate surface area is 119 Å². The molecule has 1 aromatic carbocycles. The van der Waals surface area contributed by atoms with Crippen LogP contribution < -0.4 is 5.32 Å². The van der Waals surface area contributed by atoms with Crippen LogP contribution >= 0.6 is 11.3 Å². The number of benzene rings is 1. The molecule has 3 N–H and O–H groups in total. The predicted molar refractivity (Wildman–Crippen MR) is 77.2 cm³/mol. The summed E-state index contributed by atoms with van der Waals surface area (Å²) >= 11 is 1.34. The predicted octanol–water partition coefficient (Wildman–Crippen LogP) is 1.78. The summed E-state index contributed by atoms with van der Waals surface area (Å²) in [6.07, 6.45) is -0.00891. The third-order valence-corrected chi connectivity index (χ3v) is 4.34. The van der Waals surface area contributed by atoms with Crippen LogP contribution in [-0.4, -0.2) is 34.7 Å². The molecule has 0 saturated heterocycles. The number of aryl methyl sites for hydroxylation is 1. The SMILES string of the molecule is Cc1c(C(=O)N[C@H](CCO)C(=O)O)sc2ccccc12. The highest BCUT2D eigenvalue weighted by Gasteiger charge is 2.22. The first-order valence-corrected chi connectivity index (χ1v) is 6.99. The lowest BCUT2D eigenvalue weighted by atomic mass is 10.1. The van der Waals surface area contributed by atoms with Crippen molar-refractivity contribution in [2.45, 2.75) is 19.4 Å². The van der Waals surface area contributed by atoms with Crippen LogP contribution in [-0.2, 0) is 4.79 Å². The number of hydrogen-bond acceptors (Lipinski definition) is 4. The number of aliphatic hydroxyl groups is 1. The monoisotopic (exact) mass is 293 g/mol. The van der Waals surface area contributed by atoms with Gasteiger partial charge in [0.2, 0.25) is 0 Å². The van der Waals surface area contributed by atoms with Gasteiger partial charge in [-0.2, -0.15) is 0 Å². The van der Waals surface area contributed by atoms with Crippen molar-refractivity contribution in [3.8, 4) is 0 Å². The summed E-state index contributed by atoms with van der Waals surface area (Å²) in [5.74, 6) is -1.56. The van der Waals surface area contributed by atoms with E-state index >= 15 is 0 Å². The van der Waals surface area contributed by atoms with Crippen molar-refractivity contribution >= 4 is 33.3 Å². The second kappa shape index (κ2) is 6.02. The quantitative estimate of drug-likeness (QED) is 0.784. The van der Waals surface area contributed by atoms with Gasteiger partial charge in [0, 0.05) is 17.7 Å². The molecule has 106 valence electrons. The molecule has 2 aromatic rings. The molecule has 20 heavy (non-hydrogen) atoms. The van der Waals surface area contributed by atoms with E-state index in [1.807, 2.05) is 31.2 Å². The summed E-state index contributed by atoms with van der Waals surface area (Å²) in [4.78, 5) is 23.7. The lowest BCUT2D eigenvalue weighted by Gasteiger charge is -2.12. The number of nitrogens with one attached hydrogen (secondary N) is 1. The van der Waals surface area contributed by atoms with Crippen LogP contribution in [0.2, 0.25) is 0 Å². The molecule has 0 saturated carbocycles. The number of fused-ring (bicyclic) bond motifs is 1. The van der Waals surface area contributed by atoms with Crippen LogP contribution in [0.5, 0.6) is 0 Å². The van der Waals surface area contributed by atoms with Crippen LogP contribution in [0.1, 0.15) is 21.7 Å². The van der Waals surface area contributed by atoms with Crippen molar-refractivity contribution in [2.24, 2.45) is 0 Å². The number of rotatable bonds is 5. The van der Waals surface area contributed by atoms with Crippen LogP contribution in [0.15, 0.2) is 24.3 Å². The van der Waals surface area contributed by atoms with E-state index in [2.05, 4.69) is 5.32 Å². The van der Waals surface area contributed by atoms with Crippen molar-refractivity contribution in [3.05, 3.63) is 34.7 Å². The number of amides is 1. The van der Waals surface area contributed by atoms with Crippen molar-refractivity contribution < 1.29 is 19.8 Å². The van der Waals surface area contributed by atoms with Gasteiger partial charge in [-0.1, -0.05) is 18.2 Å². The zero-order valence-electron chi connectivity index (χ0n) is 10.9. The van der Waals surface area contributed by atoms with E-state index in [1.54, 1.807) is 0 Å². The second-order valence-corrected chi connectivity index (χ2v) is 5.48. The van der Waals surface area contributed by atoms with Crippen LogP contribution in [0.25, 0.3) is 10.1 Å². The first-order chi connectivity index (χ1) is 9.54. The topological polar surface area (TPSA) is 86.6 Å². The van der Waals surface area contributed by atoms with E-state index in [9.17, 15) is 9.59 Å². The minimum Gasteiger partial charge on any atom is -0.480 e. The fourth-order valence-corrected chi connectivity index (χ4v) is 3.11. The van der Waals surface area contributed by atoms with Gasteiger partial charge in [0.05, 0.1) is 4.88 Å².